The minimum absolute atomic E-state index is 0. The Balaban J connectivity index is 0.00000225. The molecule has 0 fully saturated rings. The van der Waals surface area contributed by atoms with E-state index in [0.717, 1.165) is 23.5 Å². The van der Waals surface area contributed by atoms with Crippen molar-refractivity contribution < 1.29 is 0 Å². The van der Waals surface area contributed by atoms with Gasteiger partial charge in [-0.15, -0.1) is 24.0 Å². The van der Waals surface area contributed by atoms with E-state index in [1.165, 1.54) is 5.56 Å². The first-order valence-electron chi connectivity index (χ1n) is 7.83. The van der Waals surface area contributed by atoms with Crippen LogP contribution in [-0.2, 0) is 13.0 Å². The van der Waals surface area contributed by atoms with E-state index in [1.807, 2.05) is 35.0 Å². The van der Waals surface area contributed by atoms with Crippen LogP contribution in [0, 0.1) is 0 Å². The summed E-state index contributed by atoms with van der Waals surface area (Å²) in [6.45, 7) is 2.60. The van der Waals surface area contributed by atoms with Crippen molar-refractivity contribution in [2.45, 2.75) is 19.9 Å². The van der Waals surface area contributed by atoms with E-state index in [9.17, 15) is 0 Å². The summed E-state index contributed by atoms with van der Waals surface area (Å²) in [7, 11) is 0. The monoisotopic (exact) mass is 448 g/mol. The fourth-order valence-corrected chi connectivity index (χ4v) is 2.25. The Morgan fingerprint density at radius 2 is 1.92 bits per heavy atom. The van der Waals surface area contributed by atoms with Gasteiger partial charge < -0.3 is 11.1 Å². The molecular formula is C18H21IN6. The highest BCUT2D eigenvalue weighted by Crippen LogP contribution is 2.10. The molecule has 6 nitrogen and oxygen atoms in total. The number of nitrogens with zero attached hydrogens (tertiary/aromatic N) is 4. The van der Waals surface area contributed by atoms with Gasteiger partial charge in [-0.25, -0.2) is 15.0 Å². The maximum atomic E-state index is 5.94. The van der Waals surface area contributed by atoms with Gasteiger partial charge in [0.2, 0.25) is 0 Å². The average Bonchev–Trinajstić information content (AvgIpc) is 3.16. The minimum atomic E-state index is 0. The fraction of sp³-hybridized carbons (Fsp3) is 0.167. The van der Waals surface area contributed by atoms with Crippen molar-refractivity contribution >= 4 is 35.6 Å². The average molecular weight is 448 g/mol. The number of guanidine groups is 1. The fourth-order valence-electron chi connectivity index (χ4n) is 2.25. The number of aliphatic imine (C=N–C) groups is 1. The van der Waals surface area contributed by atoms with Crippen molar-refractivity contribution in [3.8, 4) is 5.82 Å². The zero-order chi connectivity index (χ0) is 16.8. The van der Waals surface area contributed by atoms with Gasteiger partial charge in [0.05, 0.1) is 6.54 Å². The summed E-state index contributed by atoms with van der Waals surface area (Å²) < 4.78 is 1.85. The molecule has 0 unspecified atom stereocenters. The molecule has 0 aliphatic carbocycles. The molecule has 0 saturated carbocycles. The summed E-state index contributed by atoms with van der Waals surface area (Å²) in [6.07, 6.45) is 8.10. The van der Waals surface area contributed by atoms with Crippen LogP contribution in [0.3, 0.4) is 0 Å². The Morgan fingerprint density at radius 1 is 1.16 bits per heavy atom. The highest BCUT2D eigenvalue weighted by molar-refractivity contribution is 14.0. The largest absolute Gasteiger partial charge is 0.370 e. The van der Waals surface area contributed by atoms with E-state index in [1.54, 1.807) is 18.7 Å². The van der Waals surface area contributed by atoms with Crippen molar-refractivity contribution in [2.24, 2.45) is 10.7 Å². The van der Waals surface area contributed by atoms with Crippen LogP contribution in [0.4, 0.5) is 5.69 Å². The smallest absolute Gasteiger partial charge is 0.193 e. The zero-order valence-electron chi connectivity index (χ0n) is 14.0. The Labute approximate surface area is 164 Å². The molecule has 1 aromatic carbocycles. The van der Waals surface area contributed by atoms with Gasteiger partial charge in [-0.3, -0.25) is 4.57 Å². The van der Waals surface area contributed by atoms with Crippen molar-refractivity contribution in [1.82, 2.24) is 14.5 Å². The number of pyridine rings is 1. The molecule has 0 spiro atoms. The Morgan fingerprint density at radius 3 is 2.52 bits per heavy atom. The number of anilines is 1. The van der Waals surface area contributed by atoms with Gasteiger partial charge in [0.1, 0.15) is 12.1 Å². The maximum absolute atomic E-state index is 5.94. The zero-order valence-corrected chi connectivity index (χ0v) is 16.3. The van der Waals surface area contributed by atoms with Crippen molar-refractivity contribution in [3.63, 3.8) is 0 Å². The molecule has 3 aromatic rings. The minimum Gasteiger partial charge on any atom is -0.370 e. The lowest BCUT2D eigenvalue weighted by molar-refractivity contribution is 0.967. The predicted octanol–water partition coefficient (Wildman–Crippen LogP) is 3.37. The number of hydrogen-bond donors (Lipinski definition) is 2. The molecule has 0 atom stereocenters. The number of nitrogens with one attached hydrogen (secondary N) is 1. The third-order valence-corrected chi connectivity index (χ3v) is 3.64. The van der Waals surface area contributed by atoms with Crippen LogP contribution >= 0.6 is 24.0 Å². The predicted molar refractivity (Wildman–Crippen MR) is 112 cm³/mol. The summed E-state index contributed by atoms with van der Waals surface area (Å²) in [5.74, 6) is 1.21. The molecule has 3 rings (SSSR count). The molecule has 3 N–H and O–H groups in total. The topological polar surface area (TPSA) is 81.1 Å². The molecule has 7 heteroatoms. The van der Waals surface area contributed by atoms with Crippen molar-refractivity contribution in [2.75, 3.05) is 5.32 Å². The normalized spacial score (nSPS) is 11.0. The van der Waals surface area contributed by atoms with Gasteiger partial charge >= 0.3 is 0 Å². The van der Waals surface area contributed by atoms with Gasteiger partial charge in [0.15, 0.2) is 5.96 Å². The van der Waals surface area contributed by atoms with Gasteiger partial charge in [-0.1, -0.05) is 25.1 Å². The quantitative estimate of drug-likeness (QED) is 0.356. The van der Waals surface area contributed by atoms with E-state index in [4.69, 9.17) is 5.73 Å². The van der Waals surface area contributed by atoms with Crippen LogP contribution in [0.15, 0.2) is 66.3 Å². The number of imidazole rings is 1. The van der Waals surface area contributed by atoms with Gasteiger partial charge in [-0.05, 0) is 35.7 Å². The number of benzene rings is 1. The number of rotatable bonds is 5. The number of halogens is 1. The molecule has 130 valence electrons. The summed E-state index contributed by atoms with van der Waals surface area (Å²) in [5.41, 5.74) is 9.15. The highest BCUT2D eigenvalue weighted by Gasteiger charge is 1.99. The van der Waals surface area contributed by atoms with E-state index in [0.29, 0.717) is 12.5 Å². The van der Waals surface area contributed by atoms with E-state index in [-0.39, 0.29) is 24.0 Å². The van der Waals surface area contributed by atoms with E-state index in [2.05, 4.69) is 39.3 Å². The summed E-state index contributed by atoms with van der Waals surface area (Å²) >= 11 is 0. The van der Waals surface area contributed by atoms with Crippen LogP contribution in [0.25, 0.3) is 5.82 Å². The number of hydrogen-bond acceptors (Lipinski definition) is 3. The SMILES string of the molecule is CCc1ccc(NC(N)=NCc2ccc(-n3ccnc3)nc2)cc1.I. The maximum Gasteiger partial charge on any atom is 0.193 e. The lowest BCUT2D eigenvalue weighted by Crippen LogP contribution is -2.22. The van der Waals surface area contributed by atoms with Crippen LogP contribution in [0.2, 0.25) is 0 Å². The van der Waals surface area contributed by atoms with Gasteiger partial charge in [0.25, 0.3) is 0 Å². The third-order valence-electron chi connectivity index (χ3n) is 3.64. The molecule has 2 aromatic heterocycles. The summed E-state index contributed by atoms with van der Waals surface area (Å²) in [6, 6.07) is 12.1. The Bertz CT molecular complexity index is 795. The molecule has 0 aliphatic heterocycles. The van der Waals surface area contributed by atoms with Gasteiger partial charge in [-0.2, -0.15) is 0 Å². The Hall–Kier alpha value is -2.42. The Kier molecular flexibility index (Phi) is 6.93. The number of nitrogens with two attached hydrogens (primary N) is 1. The second-order valence-corrected chi connectivity index (χ2v) is 5.37. The third kappa shape index (κ3) is 5.28. The van der Waals surface area contributed by atoms with Crippen LogP contribution in [0.5, 0.6) is 0 Å². The molecule has 0 aliphatic rings. The number of aryl methyl sites for hydroxylation is 1. The van der Waals surface area contributed by atoms with E-state index >= 15 is 0 Å². The van der Waals surface area contributed by atoms with Crippen molar-refractivity contribution in [1.29, 1.82) is 0 Å². The van der Waals surface area contributed by atoms with Crippen LogP contribution in [0.1, 0.15) is 18.1 Å². The molecule has 0 amide bonds. The second-order valence-electron chi connectivity index (χ2n) is 5.37. The molecule has 0 radical (unpaired) electrons. The number of aromatic nitrogens is 3. The molecule has 2 heterocycles. The van der Waals surface area contributed by atoms with Gasteiger partial charge in [0, 0.05) is 24.3 Å². The molecular weight excluding hydrogens is 427 g/mol. The first-order valence-corrected chi connectivity index (χ1v) is 7.83. The first-order chi connectivity index (χ1) is 11.7. The second kappa shape index (κ2) is 9.16. The summed E-state index contributed by atoms with van der Waals surface area (Å²) in [5, 5.41) is 3.09. The first kappa shape index (κ1) is 18.9. The molecule has 25 heavy (non-hydrogen) atoms. The lowest BCUT2D eigenvalue weighted by Gasteiger charge is -2.07. The highest BCUT2D eigenvalue weighted by atomic mass is 127. The summed E-state index contributed by atoms with van der Waals surface area (Å²) in [4.78, 5) is 12.8. The van der Waals surface area contributed by atoms with Crippen LogP contribution < -0.4 is 11.1 Å². The lowest BCUT2D eigenvalue weighted by atomic mass is 10.1. The molecule has 0 saturated heterocycles. The van der Waals surface area contributed by atoms with E-state index < -0.39 is 0 Å². The molecule has 0 bridgehead atoms. The van der Waals surface area contributed by atoms with Crippen LogP contribution in [-0.4, -0.2) is 20.5 Å². The van der Waals surface area contributed by atoms with Crippen molar-refractivity contribution in [3.05, 3.63) is 72.4 Å². The standard InChI is InChI=1S/C18H20N6.HI/c1-2-14-3-6-16(7-4-14)23-18(19)22-12-15-5-8-17(21-11-15)24-10-9-20-13-24;/h3-11,13H,2,12H2,1H3,(H3,19,22,23);1H.